The standard InChI is InChI=1S/2C7H9.C3H6.ClH.Zr/c2*1-6-3-4-7(2)5-6;1-3-2;;/h2*5H,3H2,1-2H3;1-2H3;1H;/q2*-1;;;+2. The Morgan fingerprint density at radius 1 is 0.895 bits per heavy atom. The topological polar surface area (TPSA) is 0 Å². The van der Waals surface area contributed by atoms with Gasteiger partial charge in [0.1, 0.15) is 0 Å². The molecule has 0 spiro atoms. The zero-order chi connectivity index (χ0) is 14.1. The van der Waals surface area contributed by atoms with Crippen molar-refractivity contribution in [2.24, 2.45) is 0 Å². The van der Waals surface area contributed by atoms with Crippen LogP contribution in [0.4, 0.5) is 0 Å². The van der Waals surface area contributed by atoms with Crippen LogP contribution in [0.25, 0.3) is 0 Å². The zero-order valence-electron chi connectivity index (χ0n) is 13.0. The average Bonchev–Trinajstić information content (AvgIpc) is 2.76. The van der Waals surface area contributed by atoms with Crippen molar-refractivity contribution in [1.29, 1.82) is 0 Å². The number of allylic oxidation sites excluding steroid dienone is 8. The molecule has 0 aliphatic heterocycles. The molecule has 0 aromatic rings. The monoisotopic (exact) mass is 354 g/mol. The van der Waals surface area contributed by atoms with E-state index in [4.69, 9.17) is 0 Å². The molecule has 0 amide bonds. The first-order valence-corrected chi connectivity index (χ1v) is 7.55. The van der Waals surface area contributed by atoms with Crippen molar-refractivity contribution in [1.82, 2.24) is 0 Å². The summed E-state index contributed by atoms with van der Waals surface area (Å²) in [5.74, 6) is 0. The van der Waals surface area contributed by atoms with Crippen LogP contribution < -0.4 is 0 Å². The molecule has 19 heavy (non-hydrogen) atoms. The molecule has 0 atom stereocenters. The molecule has 0 saturated carbocycles. The molecule has 0 fully saturated rings. The van der Waals surface area contributed by atoms with Crippen LogP contribution in [0.5, 0.6) is 0 Å². The fraction of sp³-hybridized carbons (Fsp3) is 0.471. The Hall–Kier alpha value is 0.00312. The van der Waals surface area contributed by atoms with E-state index in [-0.39, 0.29) is 12.4 Å². The van der Waals surface area contributed by atoms with Crippen LogP contribution in [-0.2, 0) is 24.2 Å². The average molecular weight is 356 g/mol. The molecule has 0 bridgehead atoms. The van der Waals surface area contributed by atoms with Crippen LogP contribution in [0.3, 0.4) is 0 Å². The largest absolute Gasteiger partial charge is 0.147 e. The van der Waals surface area contributed by atoms with Crippen LogP contribution in [-0.4, -0.2) is 3.21 Å². The van der Waals surface area contributed by atoms with Crippen molar-refractivity contribution in [3.05, 3.63) is 46.6 Å². The molecule has 0 nitrogen and oxygen atoms in total. The van der Waals surface area contributed by atoms with Gasteiger partial charge in [-0.25, -0.2) is 23.3 Å². The minimum absolute atomic E-state index is 0. The molecular weight excluding hydrogens is 331 g/mol. The van der Waals surface area contributed by atoms with E-state index in [9.17, 15) is 0 Å². The van der Waals surface area contributed by atoms with E-state index in [1.165, 1.54) is 25.5 Å². The van der Waals surface area contributed by atoms with E-state index in [0.717, 1.165) is 12.8 Å². The van der Waals surface area contributed by atoms with Crippen molar-refractivity contribution < 1.29 is 24.2 Å². The summed E-state index contributed by atoms with van der Waals surface area (Å²) in [4.78, 5) is 0. The Morgan fingerprint density at radius 3 is 1.21 bits per heavy atom. The summed E-state index contributed by atoms with van der Waals surface area (Å²) < 4.78 is 1.51. The SMILES string of the molecule is CC1=[C-]CC(C)=C1.CC1=[C-]CC(C)=C1.C[C](C)=[Zr+2].Cl. The van der Waals surface area contributed by atoms with Gasteiger partial charge in [0.05, 0.1) is 0 Å². The second-order valence-corrected chi connectivity index (χ2v) is 7.51. The summed E-state index contributed by atoms with van der Waals surface area (Å²) in [6.07, 6.45) is 12.8. The van der Waals surface area contributed by atoms with Gasteiger partial charge in [0, 0.05) is 0 Å². The fourth-order valence-corrected chi connectivity index (χ4v) is 1.50. The van der Waals surface area contributed by atoms with Crippen molar-refractivity contribution >= 4 is 15.6 Å². The van der Waals surface area contributed by atoms with Gasteiger partial charge in [-0.15, -0.1) is 25.2 Å². The summed E-state index contributed by atoms with van der Waals surface area (Å²) >= 11 is 1.55. The van der Waals surface area contributed by atoms with Crippen molar-refractivity contribution in [3.8, 4) is 0 Å². The van der Waals surface area contributed by atoms with E-state index < -0.39 is 0 Å². The van der Waals surface area contributed by atoms with Gasteiger partial charge in [-0.2, -0.15) is 11.1 Å². The molecule has 0 N–H and O–H groups in total. The van der Waals surface area contributed by atoms with E-state index in [2.05, 4.69) is 65.8 Å². The molecular formula is C17H25ClZr. The third-order valence-corrected chi connectivity index (χ3v) is 2.22. The maximum Gasteiger partial charge on any atom is -0.147 e. The summed E-state index contributed by atoms with van der Waals surface area (Å²) in [6.45, 7) is 12.7. The molecule has 0 heterocycles. The van der Waals surface area contributed by atoms with Gasteiger partial charge in [0.2, 0.25) is 0 Å². The Bertz CT molecular complexity index is 371. The van der Waals surface area contributed by atoms with E-state index in [1.54, 1.807) is 24.2 Å². The van der Waals surface area contributed by atoms with Gasteiger partial charge in [-0.3, -0.25) is 12.2 Å². The normalized spacial score (nSPS) is 15.6. The van der Waals surface area contributed by atoms with Gasteiger partial charge in [-0.05, 0) is 0 Å². The van der Waals surface area contributed by atoms with Crippen LogP contribution in [0.1, 0.15) is 54.4 Å². The molecule has 2 aliphatic rings. The van der Waals surface area contributed by atoms with Crippen molar-refractivity contribution in [3.63, 3.8) is 0 Å². The maximum absolute atomic E-state index is 3.19. The fourth-order valence-electron chi connectivity index (χ4n) is 1.50. The molecule has 0 aromatic carbocycles. The number of halogens is 1. The van der Waals surface area contributed by atoms with Crippen LogP contribution in [0.2, 0.25) is 0 Å². The molecule has 2 heteroatoms. The summed E-state index contributed by atoms with van der Waals surface area (Å²) in [5, 5.41) is 0. The number of hydrogen-bond acceptors (Lipinski definition) is 0. The summed E-state index contributed by atoms with van der Waals surface area (Å²) in [5.41, 5.74) is 5.44. The first-order valence-electron chi connectivity index (χ1n) is 6.32. The summed E-state index contributed by atoms with van der Waals surface area (Å²) in [6, 6.07) is 0. The minimum atomic E-state index is 0. The van der Waals surface area contributed by atoms with Crippen LogP contribution in [0, 0.1) is 12.2 Å². The number of rotatable bonds is 0. The molecule has 0 aromatic heterocycles. The van der Waals surface area contributed by atoms with Gasteiger partial charge in [-0.1, -0.05) is 27.7 Å². The zero-order valence-corrected chi connectivity index (χ0v) is 16.3. The minimum Gasteiger partial charge on any atom is -0.147 e. The molecule has 104 valence electrons. The van der Waals surface area contributed by atoms with Crippen molar-refractivity contribution in [2.75, 3.05) is 0 Å². The smallest absolute Gasteiger partial charge is 0.147 e. The molecule has 0 radical (unpaired) electrons. The third-order valence-electron chi connectivity index (χ3n) is 2.22. The van der Waals surface area contributed by atoms with Crippen molar-refractivity contribution in [2.45, 2.75) is 54.4 Å². The predicted octanol–water partition coefficient (Wildman–Crippen LogP) is 5.34. The van der Waals surface area contributed by atoms with Crippen LogP contribution >= 0.6 is 12.4 Å². The quantitative estimate of drug-likeness (QED) is 0.514. The van der Waals surface area contributed by atoms with E-state index in [1.807, 2.05) is 0 Å². The van der Waals surface area contributed by atoms with Gasteiger partial charge in [0.15, 0.2) is 0 Å². The first kappa shape index (κ1) is 21.3. The second kappa shape index (κ2) is 11.8. The van der Waals surface area contributed by atoms with E-state index in [0.29, 0.717) is 0 Å². The molecule has 2 aliphatic carbocycles. The molecule has 0 saturated heterocycles. The Kier molecular flexibility index (Phi) is 13.2. The molecule has 2 rings (SSSR count). The van der Waals surface area contributed by atoms with E-state index >= 15 is 0 Å². The first-order chi connectivity index (χ1) is 8.31. The third kappa shape index (κ3) is 14.2. The Labute approximate surface area is 140 Å². The second-order valence-electron chi connectivity index (χ2n) is 5.05. The Balaban J connectivity index is 0. The summed E-state index contributed by atoms with van der Waals surface area (Å²) in [7, 11) is 0. The van der Waals surface area contributed by atoms with Crippen LogP contribution in [0.15, 0.2) is 34.4 Å². The number of hydrogen-bond donors (Lipinski definition) is 0. The van der Waals surface area contributed by atoms with Gasteiger partial charge < -0.3 is 0 Å². The van der Waals surface area contributed by atoms with Gasteiger partial charge >= 0.3 is 41.3 Å². The molecule has 0 unspecified atom stereocenters. The van der Waals surface area contributed by atoms with Gasteiger partial charge in [0.25, 0.3) is 0 Å². The Morgan fingerprint density at radius 2 is 1.16 bits per heavy atom. The predicted molar refractivity (Wildman–Crippen MR) is 85.2 cm³/mol. The maximum atomic E-state index is 3.19.